The smallest absolute Gasteiger partial charge is 0.335 e. The molecule has 2 aliphatic heterocycles. The van der Waals surface area contributed by atoms with Crippen molar-refractivity contribution in [3.63, 3.8) is 0 Å². The number of carbonyl (C=O) groups is 2. The number of carboxylic acids is 2. The second kappa shape index (κ2) is 16.6. The number of ether oxygens (including phenoxy) is 3. The first-order valence-corrected chi connectivity index (χ1v) is 18.5. The summed E-state index contributed by atoms with van der Waals surface area (Å²) in [5.74, 6) is -2.23. The fourth-order valence-electron chi connectivity index (χ4n) is 7.87. The van der Waals surface area contributed by atoms with Gasteiger partial charge in [0.05, 0.1) is 0 Å². The molecule has 0 radical (unpaired) electrons. The highest BCUT2D eigenvalue weighted by molar-refractivity contribution is 6.25. The summed E-state index contributed by atoms with van der Waals surface area (Å²) in [7, 11) is 0. The fourth-order valence-corrected chi connectivity index (χ4v) is 7.87. The van der Waals surface area contributed by atoms with Gasteiger partial charge in [-0.3, -0.25) is 0 Å². The standard InChI is InChI=1S/C22H18O7.C16H10O.C6H10O7.CH4/c23-17-18(24)20(21(26)27)29-22(19(17)25)28-14-9-7-12-5-4-10-2-1-3-11-6-8-13(14)16(12)15(10)11;17-14-9-7-12-5-4-10-2-1-3-11-6-8-13(14)16(12)15(10)11;7-1-2(8)4(5(10)11)13-6(12)3(1)9;/h1-9,17-20,22-25H,(H,26,27);1-9,17H;1-4,6-9,12H,(H,10,11);1H4/t17-,18-,19+,20-,22+;;1-,2-,3+,4-,6+;/m0.0./s1. The van der Waals surface area contributed by atoms with Crippen LogP contribution in [0.2, 0.25) is 0 Å². The minimum Gasteiger partial charge on any atom is -0.507 e. The number of hydrogen-bond donors (Lipinski definition) is 10. The van der Waals surface area contributed by atoms with Crippen LogP contribution in [0.1, 0.15) is 7.43 Å². The van der Waals surface area contributed by atoms with Crippen molar-refractivity contribution in [3.05, 3.63) is 109 Å². The molecule has 15 heteroatoms. The number of hydrogen-bond acceptors (Lipinski definition) is 13. The van der Waals surface area contributed by atoms with Crippen molar-refractivity contribution in [1.82, 2.24) is 0 Å². The van der Waals surface area contributed by atoms with Gasteiger partial charge in [0.1, 0.15) is 48.1 Å². The summed E-state index contributed by atoms with van der Waals surface area (Å²) in [4.78, 5) is 21.7. The molecule has 2 fully saturated rings. The molecule has 0 amide bonds. The monoisotopic (exact) mass is 822 g/mol. The summed E-state index contributed by atoms with van der Waals surface area (Å²) >= 11 is 0. The number of rotatable bonds is 4. The Labute approximate surface area is 340 Å². The Balaban J connectivity index is 0.000000149. The van der Waals surface area contributed by atoms with Gasteiger partial charge in [0.2, 0.25) is 6.29 Å². The first kappa shape index (κ1) is 42.2. The van der Waals surface area contributed by atoms with E-state index in [1.165, 1.54) is 26.9 Å². The van der Waals surface area contributed by atoms with E-state index >= 15 is 0 Å². The van der Waals surface area contributed by atoms with Crippen molar-refractivity contribution in [2.75, 3.05) is 0 Å². The molecule has 2 aliphatic rings. The molecule has 312 valence electrons. The quantitative estimate of drug-likeness (QED) is 0.114. The SMILES string of the molecule is C.O=C(O)[C@H]1O[C@@H](O)[C@H](O)[C@@H](O)[C@@H]1O.O=C(O)[C@H]1O[C@@H](Oc2ccc3ccc4cccc5ccc2c3c45)[C@H](O)[C@@H](O)[C@@H]1O.Oc1ccc2ccc3cccc4ccc1c2c34. The van der Waals surface area contributed by atoms with E-state index < -0.39 is 73.4 Å². The lowest BCUT2D eigenvalue weighted by Gasteiger charge is -2.38. The predicted octanol–water partition coefficient (Wildman–Crippen LogP) is 3.65. The third-order valence-corrected chi connectivity index (χ3v) is 10.9. The van der Waals surface area contributed by atoms with Crippen LogP contribution in [-0.2, 0) is 19.1 Å². The predicted molar refractivity (Wildman–Crippen MR) is 220 cm³/mol. The zero-order valence-electron chi connectivity index (χ0n) is 30.7. The van der Waals surface area contributed by atoms with Crippen molar-refractivity contribution < 1.29 is 74.9 Å². The number of aliphatic carboxylic acids is 2. The minimum absolute atomic E-state index is 0. The largest absolute Gasteiger partial charge is 0.507 e. The molecule has 0 unspecified atom stereocenters. The van der Waals surface area contributed by atoms with Crippen LogP contribution >= 0.6 is 0 Å². The first-order valence-electron chi connectivity index (χ1n) is 18.5. The van der Waals surface area contributed by atoms with Gasteiger partial charge in [0, 0.05) is 21.5 Å². The summed E-state index contributed by atoms with van der Waals surface area (Å²) in [5, 5.41) is 107. The maximum Gasteiger partial charge on any atom is 0.335 e. The highest BCUT2D eigenvalue weighted by Gasteiger charge is 2.48. The summed E-state index contributed by atoms with van der Waals surface area (Å²) in [6.45, 7) is 0. The Morgan fingerprint density at radius 2 is 0.850 bits per heavy atom. The minimum atomic E-state index is -1.81. The van der Waals surface area contributed by atoms with Crippen LogP contribution in [0.3, 0.4) is 0 Å². The van der Waals surface area contributed by atoms with Crippen LogP contribution in [0, 0.1) is 0 Å². The van der Waals surface area contributed by atoms with Crippen LogP contribution in [0.4, 0.5) is 0 Å². The van der Waals surface area contributed by atoms with E-state index in [0.717, 1.165) is 37.7 Å². The van der Waals surface area contributed by atoms with Gasteiger partial charge in [-0.25, -0.2) is 9.59 Å². The number of aliphatic hydroxyl groups is 7. The van der Waals surface area contributed by atoms with Gasteiger partial charge >= 0.3 is 11.9 Å². The Morgan fingerprint density at radius 3 is 1.37 bits per heavy atom. The van der Waals surface area contributed by atoms with Crippen molar-refractivity contribution in [2.45, 2.75) is 68.8 Å². The molecule has 10 N–H and O–H groups in total. The Kier molecular flexibility index (Phi) is 11.6. The van der Waals surface area contributed by atoms with Crippen molar-refractivity contribution >= 4 is 76.6 Å². The fraction of sp³-hybridized carbons (Fsp3) is 0.244. The molecule has 0 aliphatic carbocycles. The van der Waals surface area contributed by atoms with E-state index in [-0.39, 0.29) is 7.43 Å². The van der Waals surface area contributed by atoms with Crippen LogP contribution < -0.4 is 4.74 Å². The van der Waals surface area contributed by atoms with Crippen LogP contribution in [0.15, 0.2) is 109 Å². The van der Waals surface area contributed by atoms with E-state index in [9.17, 15) is 35.1 Å². The molecule has 0 saturated carbocycles. The molecular formula is C45H42O15. The zero-order chi connectivity index (χ0) is 41.9. The Hall–Kier alpha value is -5.98. The molecule has 2 heterocycles. The number of carboxylic acid groups (broad SMARTS) is 2. The number of benzene rings is 8. The van der Waals surface area contributed by atoms with Crippen LogP contribution in [-0.4, -0.2) is 124 Å². The molecule has 60 heavy (non-hydrogen) atoms. The maximum absolute atomic E-state index is 11.3. The second-order valence-electron chi connectivity index (χ2n) is 14.5. The molecule has 0 spiro atoms. The number of phenols is 1. The Bertz CT molecular complexity index is 2780. The normalized spacial score (nSPS) is 26.6. The molecule has 10 rings (SSSR count). The van der Waals surface area contributed by atoms with Gasteiger partial charge in [-0.2, -0.15) is 0 Å². The average molecular weight is 823 g/mol. The number of aliphatic hydroxyl groups excluding tert-OH is 7. The second-order valence-corrected chi connectivity index (χ2v) is 14.5. The lowest BCUT2D eigenvalue weighted by atomic mass is 9.94. The van der Waals surface area contributed by atoms with Gasteiger partial charge in [-0.05, 0) is 61.3 Å². The zero-order valence-corrected chi connectivity index (χ0v) is 30.7. The van der Waals surface area contributed by atoms with E-state index in [0.29, 0.717) is 11.5 Å². The third-order valence-electron chi connectivity index (χ3n) is 10.9. The molecule has 15 nitrogen and oxygen atoms in total. The molecule has 10 atom stereocenters. The molecule has 0 aromatic heterocycles. The van der Waals surface area contributed by atoms with E-state index in [2.05, 4.69) is 41.1 Å². The van der Waals surface area contributed by atoms with Crippen molar-refractivity contribution in [2.24, 2.45) is 0 Å². The van der Waals surface area contributed by atoms with Crippen molar-refractivity contribution in [3.8, 4) is 11.5 Å². The van der Waals surface area contributed by atoms with Crippen LogP contribution in [0.5, 0.6) is 11.5 Å². The highest BCUT2D eigenvalue weighted by Crippen LogP contribution is 2.40. The van der Waals surface area contributed by atoms with Gasteiger partial charge < -0.3 is 65.3 Å². The molecule has 8 aromatic rings. The Morgan fingerprint density at radius 1 is 0.450 bits per heavy atom. The summed E-state index contributed by atoms with van der Waals surface area (Å²) < 4.78 is 15.4. The molecule has 8 aromatic carbocycles. The first-order chi connectivity index (χ1) is 28.2. The van der Waals surface area contributed by atoms with Gasteiger partial charge in [0.25, 0.3) is 0 Å². The van der Waals surface area contributed by atoms with Crippen molar-refractivity contribution in [1.29, 1.82) is 0 Å². The average Bonchev–Trinajstić information content (AvgIpc) is 3.24. The van der Waals surface area contributed by atoms with Crippen LogP contribution in [0.25, 0.3) is 64.6 Å². The lowest BCUT2D eigenvalue weighted by Crippen LogP contribution is -2.61. The third kappa shape index (κ3) is 7.32. The lowest BCUT2D eigenvalue weighted by molar-refractivity contribution is -0.279. The van der Waals surface area contributed by atoms with Gasteiger partial charge in [0.15, 0.2) is 18.5 Å². The van der Waals surface area contributed by atoms with Gasteiger partial charge in [-0.1, -0.05) is 98.4 Å². The topological polar surface area (TPSA) is 264 Å². The van der Waals surface area contributed by atoms with E-state index in [1.807, 2.05) is 60.7 Å². The van der Waals surface area contributed by atoms with Gasteiger partial charge in [-0.15, -0.1) is 0 Å². The summed E-state index contributed by atoms with van der Waals surface area (Å²) in [5.41, 5.74) is 0. The van der Waals surface area contributed by atoms with E-state index in [1.54, 1.807) is 12.1 Å². The highest BCUT2D eigenvalue weighted by atomic mass is 16.7. The summed E-state index contributed by atoms with van der Waals surface area (Å²) in [6.07, 6.45) is -17.0. The number of aromatic hydroxyl groups is 1. The number of phenolic OH excluding ortho intramolecular Hbond substituents is 1. The summed E-state index contributed by atoms with van der Waals surface area (Å²) in [6, 6.07) is 35.9. The molecule has 2 saturated heterocycles. The maximum atomic E-state index is 11.3. The van der Waals surface area contributed by atoms with E-state index in [4.69, 9.17) is 35.0 Å². The molecule has 0 bridgehead atoms. The molecular weight excluding hydrogens is 780 g/mol.